The molecule has 7 heteroatoms. The highest BCUT2D eigenvalue weighted by molar-refractivity contribution is 8.19. The lowest BCUT2D eigenvalue weighted by Gasteiger charge is -2.16. The smallest absolute Gasteiger partial charge is 0.269 e. The standard InChI is InChI=1S/C28H27N3O2S2/c1-4-5-17-31-26(32)25(27-30(2)23-18-22(33-3)15-16-24(23)34-27)35-28(31)29-21-13-11-20(12-14-21)19-9-7-6-8-10-19/h6-16,18H,4-5,17H2,1-3H3. The van der Waals surface area contributed by atoms with Gasteiger partial charge >= 0.3 is 0 Å². The minimum Gasteiger partial charge on any atom is -0.497 e. The number of rotatable bonds is 6. The largest absolute Gasteiger partial charge is 0.497 e. The number of unbranched alkanes of at least 4 members (excludes halogenated alkanes) is 1. The Kier molecular flexibility index (Phi) is 6.88. The Morgan fingerprint density at radius 3 is 2.40 bits per heavy atom. The molecule has 2 aliphatic rings. The molecule has 3 aromatic rings. The van der Waals surface area contributed by atoms with Gasteiger partial charge in [0.15, 0.2) is 5.17 Å². The van der Waals surface area contributed by atoms with Crippen LogP contribution in [0.1, 0.15) is 19.8 Å². The average molecular weight is 502 g/mol. The van der Waals surface area contributed by atoms with Crippen LogP contribution in [0.4, 0.5) is 11.4 Å². The first-order valence-electron chi connectivity index (χ1n) is 11.7. The molecule has 1 saturated heterocycles. The molecule has 0 N–H and O–H groups in total. The summed E-state index contributed by atoms with van der Waals surface area (Å²) in [5.41, 5.74) is 4.21. The third kappa shape index (κ3) is 4.70. The van der Waals surface area contributed by atoms with Crippen molar-refractivity contribution in [3.05, 3.63) is 82.7 Å². The van der Waals surface area contributed by atoms with Crippen molar-refractivity contribution in [3.8, 4) is 16.9 Å². The maximum Gasteiger partial charge on any atom is 0.269 e. The molecular formula is C28H27N3O2S2. The normalized spacial score (nSPS) is 18.5. The molecule has 1 fully saturated rings. The van der Waals surface area contributed by atoms with Gasteiger partial charge in [0, 0.05) is 24.6 Å². The summed E-state index contributed by atoms with van der Waals surface area (Å²) in [4.78, 5) is 24.2. The summed E-state index contributed by atoms with van der Waals surface area (Å²) in [6.07, 6.45) is 1.95. The van der Waals surface area contributed by atoms with Gasteiger partial charge in [-0.15, -0.1) is 0 Å². The number of amides is 1. The summed E-state index contributed by atoms with van der Waals surface area (Å²) >= 11 is 3.09. The van der Waals surface area contributed by atoms with E-state index in [0.29, 0.717) is 6.54 Å². The molecule has 2 heterocycles. The molecular weight excluding hydrogens is 474 g/mol. The maximum atomic E-state index is 13.6. The molecule has 3 aromatic carbocycles. The molecule has 0 aliphatic carbocycles. The molecule has 0 unspecified atom stereocenters. The van der Waals surface area contributed by atoms with Crippen molar-refractivity contribution < 1.29 is 9.53 Å². The zero-order chi connectivity index (χ0) is 24.4. The topological polar surface area (TPSA) is 45.1 Å². The van der Waals surface area contributed by atoms with Gasteiger partial charge in [-0.25, -0.2) is 4.99 Å². The van der Waals surface area contributed by atoms with Crippen LogP contribution in [0.3, 0.4) is 0 Å². The fourth-order valence-electron chi connectivity index (χ4n) is 4.05. The Hall–Kier alpha value is -3.16. The van der Waals surface area contributed by atoms with E-state index in [1.807, 2.05) is 60.5 Å². The van der Waals surface area contributed by atoms with Gasteiger partial charge in [0.1, 0.15) is 10.7 Å². The summed E-state index contributed by atoms with van der Waals surface area (Å²) in [5.74, 6) is 0.829. The number of aliphatic imine (C=N–C) groups is 1. The van der Waals surface area contributed by atoms with Gasteiger partial charge < -0.3 is 9.64 Å². The van der Waals surface area contributed by atoms with Gasteiger partial charge in [0.05, 0.1) is 23.5 Å². The maximum absolute atomic E-state index is 13.6. The number of ether oxygens (including phenoxy) is 1. The van der Waals surface area contributed by atoms with E-state index in [9.17, 15) is 4.79 Å². The van der Waals surface area contributed by atoms with Crippen molar-refractivity contribution >= 4 is 46.0 Å². The van der Waals surface area contributed by atoms with Crippen LogP contribution >= 0.6 is 23.5 Å². The van der Waals surface area contributed by atoms with E-state index in [4.69, 9.17) is 9.73 Å². The molecule has 0 aromatic heterocycles. The Morgan fingerprint density at radius 1 is 0.943 bits per heavy atom. The van der Waals surface area contributed by atoms with E-state index in [1.54, 1.807) is 18.9 Å². The second-order valence-corrected chi connectivity index (χ2v) is 10.4. The monoisotopic (exact) mass is 501 g/mol. The first-order chi connectivity index (χ1) is 17.1. The van der Waals surface area contributed by atoms with Gasteiger partial charge in [-0.3, -0.25) is 9.69 Å². The highest BCUT2D eigenvalue weighted by Gasteiger charge is 2.39. The number of carbonyl (C=O) groups excluding carboxylic acids is 1. The Labute approximate surface area is 214 Å². The van der Waals surface area contributed by atoms with E-state index < -0.39 is 0 Å². The van der Waals surface area contributed by atoms with Crippen molar-refractivity contribution in [2.45, 2.75) is 24.7 Å². The highest BCUT2D eigenvalue weighted by Crippen LogP contribution is 2.51. The summed E-state index contributed by atoms with van der Waals surface area (Å²) < 4.78 is 5.40. The van der Waals surface area contributed by atoms with E-state index in [0.717, 1.165) is 55.5 Å². The zero-order valence-electron chi connectivity index (χ0n) is 20.0. The number of nitrogens with zero attached hydrogens (tertiary/aromatic N) is 3. The van der Waals surface area contributed by atoms with Crippen LogP contribution in [-0.2, 0) is 4.79 Å². The Morgan fingerprint density at radius 2 is 1.69 bits per heavy atom. The summed E-state index contributed by atoms with van der Waals surface area (Å²) in [6.45, 7) is 2.80. The lowest BCUT2D eigenvalue weighted by atomic mass is 10.1. The lowest BCUT2D eigenvalue weighted by Crippen LogP contribution is -2.30. The van der Waals surface area contributed by atoms with Crippen molar-refractivity contribution in [1.29, 1.82) is 0 Å². The summed E-state index contributed by atoms with van der Waals surface area (Å²) in [5, 5.41) is 1.68. The number of carbonyl (C=O) groups is 1. The van der Waals surface area contributed by atoms with E-state index >= 15 is 0 Å². The fraction of sp³-hybridized carbons (Fsp3) is 0.214. The molecule has 35 heavy (non-hydrogen) atoms. The van der Waals surface area contributed by atoms with E-state index in [1.165, 1.54) is 17.3 Å². The molecule has 2 aliphatic heterocycles. The molecule has 5 nitrogen and oxygen atoms in total. The molecule has 0 spiro atoms. The predicted molar refractivity (Wildman–Crippen MR) is 147 cm³/mol. The van der Waals surface area contributed by atoms with Gasteiger partial charge in [0.25, 0.3) is 5.91 Å². The van der Waals surface area contributed by atoms with E-state index in [2.05, 4.69) is 36.1 Å². The highest BCUT2D eigenvalue weighted by atomic mass is 32.2. The third-order valence-electron chi connectivity index (χ3n) is 6.03. The van der Waals surface area contributed by atoms with Gasteiger partial charge in [-0.1, -0.05) is 67.6 Å². The van der Waals surface area contributed by atoms with Crippen LogP contribution in [0.5, 0.6) is 5.75 Å². The molecule has 0 bridgehead atoms. The molecule has 5 rings (SSSR count). The number of hydrogen-bond donors (Lipinski definition) is 0. The summed E-state index contributed by atoms with van der Waals surface area (Å²) in [7, 11) is 3.67. The number of thioether (sulfide) groups is 2. The first-order valence-corrected chi connectivity index (χ1v) is 13.3. The van der Waals surface area contributed by atoms with Crippen LogP contribution in [0.25, 0.3) is 11.1 Å². The second kappa shape index (κ2) is 10.2. The number of fused-ring (bicyclic) bond motifs is 1. The van der Waals surface area contributed by atoms with Gasteiger partial charge in [-0.05, 0) is 53.6 Å². The molecule has 0 atom stereocenters. The molecule has 0 radical (unpaired) electrons. The third-order valence-corrected chi connectivity index (χ3v) is 8.46. The van der Waals surface area contributed by atoms with Crippen molar-refractivity contribution in [2.24, 2.45) is 4.99 Å². The van der Waals surface area contributed by atoms with E-state index in [-0.39, 0.29) is 5.91 Å². The van der Waals surface area contributed by atoms with Gasteiger partial charge in [-0.2, -0.15) is 0 Å². The van der Waals surface area contributed by atoms with Crippen molar-refractivity contribution in [2.75, 3.05) is 25.6 Å². The van der Waals surface area contributed by atoms with Crippen molar-refractivity contribution in [1.82, 2.24) is 4.90 Å². The first kappa shape index (κ1) is 23.6. The van der Waals surface area contributed by atoms with Crippen LogP contribution in [-0.4, -0.2) is 36.7 Å². The van der Waals surface area contributed by atoms with Crippen LogP contribution < -0.4 is 9.64 Å². The SMILES string of the molecule is CCCCN1C(=O)C(=C2Sc3ccc(OC)cc3N2C)SC1=Nc1ccc(-c2ccccc2)cc1. The minimum absolute atomic E-state index is 0.0252. The Bertz CT molecular complexity index is 1300. The zero-order valence-corrected chi connectivity index (χ0v) is 21.7. The number of benzene rings is 3. The predicted octanol–water partition coefficient (Wildman–Crippen LogP) is 7.14. The number of amidine groups is 1. The Balaban J connectivity index is 1.46. The summed E-state index contributed by atoms with van der Waals surface area (Å²) in [6, 6.07) is 24.5. The quantitative estimate of drug-likeness (QED) is 0.336. The number of methoxy groups -OCH3 is 1. The molecule has 1 amide bonds. The van der Waals surface area contributed by atoms with Crippen LogP contribution in [0.2, 0.25) is 0 Å². The average Bonchev–Trinajstić information content (AvgIpc) is 3.38. The van der Waals surface area contributed by atoms with Crippen molar-refractivity contribution in [3.63, 3.8) is 0 Å². The molecule has 0 saturated carbocycles. The van der Waals surface area contributed by atoms with Gasteiger partial charge in [0.2, 0.25) is 0 Å². The fourth-order valence-corrected chi connectivity index (χ4v) is 6.40. The number of hydrogen-bond acceptors (Lipinski definition) is 6. The lowest BCUT2D eigenvalue weighted by molar-refractivity contribution is -0.122. The second-order valence-electron chi connectivity index (χ2n) is 8.35. The number of anilines is 1. The van der Waals surface area contributed by atoms with Crippen LogP contribution in [0, 0.1) is 0 Å². The van der Waals surface area contributed by atoms with Crippen LogP contribution in [0.15, 0.2) is 92.6 Å². The molecule has 178 valence electrons. The minimum atomic E-state index is 0.0252.